The monoisotopic (exact) mass is 334 g/mol. The minimum absolute atomic E-state index is 0.0499. The Morgan fingerprint density at radius 2 is 1.88 bits per heavy atom. The van der Waals surface area contributed by atoms with E-state index < -0.39 is 0 Å². The zero-order valence-corrected chi connectivity index (χ0v) is 15.0. The summed E-state index contributed by atoms with van der Waals surface area (Å²) in [5.41, 5.74) is 1.85. The molecule has 6 heteroatoms. The second-order valence-electron chi connectivity index (χ2n) is 6.91. The Morgan fingerprint density at radius 1 is 1.21 bits per heavy atom. The van der Waals surface area contributed by atoms with Gasteiger partial charge in [-0.1, -0.05) is 26.0 Å². The number of rotatable bonds is 6. The lowest BCUT2D eigenvalue weighted by atomic mass is 10.0. The van der Waals surface area contributed by atoms with E-state index >= 15 is 0 Å². The molecule has 134 valence electrons. The van der Waals surface area contributed by atoms with E-state index in [2.05, 4.69) is 41.3 Å². The van der Waals surface area contributed by atoms with Crippen LogP contribution in [0.2, 0.25) is 0 Å². The molecule has 1 heterocycles. The second-order valence-corrected chi connectivity index (χ2v) is 6.91. The van der Waals surface area contributed by atoms with E-state index in [0.717, 1.165) is 44.0 Å². The zero-order chi connectivity index (χ0) is 17.5. The number of anilines is 2. The van der Waals surface area contributed by atoms with Crippen molar-refractivity contribution in [2.24, 2.45) is 5.92 Å². The number of benzene rings is 1. The number of amides is 2. The predicted molar refractivity (Wildman–Crippen MR) is 98.6 cm³/mol. The van der Waals surface area contributed by atoms with Gasteiger partial charge in [0.05, 0.1) is 24.0 Å². The first-order chi connectivity index (χ1) is 11.5. The fourth-order valence-electron chi connectivity index (χ4n) is 2.99. The maximum atomic E-state index is 12.3. The summed E-state index contributed by atoms with van der Waals surface area (Å²) in [7, 11) is 2.12. The van der Waals surface area contributed by atoms with Gasteiger partial charge in [-0.15, -0.1) is 0 Å². The van der Waals surface area contributed by atoms with Gasteiger partial charge in [0.15, 0.2) is 0 Å². The molecule has 1 atom stereocenters. The van der Waals surface area contributed by atoms with Crippen LogP contribution in [0.25, 0.3) is 0 Å². The van der Waals surface area contributed by atoms with Crippen LogP contribution in [-0.2, 0) is 0 Å². The van der Waals surface area contributed by atoms with Gasteiger partial charge in [-0.05, 0) is 31.5 Å². The van der Waals surface area contributed by atoms with E-state index in [9.17, 15) is 9.90 Å². The average Bonchev–Trinajstić information content (AvgIpc) is 2.55. The summed E-state index contributed by atoms with van der Waals surface area (Å²) in [6.07, 6.45) is 0.754. The van der Waals surface area contributed by atoms with E-state index in [-0.39, 0.29) is 18.7 Å². The van der Waals surface area contributed by atoms with Crippen molar-refractivity contribution in [1.82, 2.24) is 10.2 Å². The van der Waals surface area contributed by atoms with Crippen LogP contribution >= 0.6 is 0 Å². The van der Waals surface area contributed by atoms with Gasteiger partial charge in [-0.3, -0.25) is 0 Å². The number of likely N-dealkylation sites (N-methyl/N-ethyl adjacent to an activating group) is 1. The van der Waals surface area contributed by atoms with Crippen molar-refractivity contribution in [2.75, 3.05) is 50.1 Å². The van der Waals surface area contributed by atoms with Gasteiger partial charge in [0.25, 0.3) is 0 Å². The first-order valence-electron chi connectivity index (χ1n) is 8.70. The van der Waals surface area contributed by atoms with Gasteiger partial charge in [0.2, 0.25) is 0 Å². The lowest BCUT2D eigenvalue weighted by molar-refractivity contribution is 0.214. The first-order valence-corrected chi connectivity index (χ1v) is 8.70. The minimum atomic E-state index is -0.267. The van der Waals surface area contributed by atoms with Crippen LogP contribution in [0, 0.1) is 5.92 Å². The molecular formula is C18H30N4O2. The third-order valence-corrected chi connectivity index (χ3v) is 4.31. The molecule has 1 aliphatic rings. The maximum absolute atomic E-state index is 12.3. The van der Waals surface area contributed by atoms with Crippen molar-refractivity contribution >= 4 is 17.4 Å². The summed E-state index contributed by atoms with van der Waals surface area (Å²) in [6, 6.07) is 7.39. The Hall–Kier alpha value is -1.79. The summed E-state index contributed by atoms with van der Waals surface area (Å²) >= 11 is 0. The molecule has 0 aliphatic carbocycles. The van der Waals surface area contributed by atoms with Crippen molar-refractivity contribution in [2.45, 2.75) is 26.3 Å². The van der Waals surface area contributed by atoms with E-state index in [1.165, 1.54) is 0 Å². The number of aliphatic hydroxyl groups excluding tert-OH is 1. The normalized spacial score (nSPS) is 17.0. The van der Waals surface area contributed by atoms with Crippen LogP contribution in [-0.4, -0.2) is 61.9 Å². The third-order valence-electron chi connectivity index (χ3n) is 4.31. The van der Waals surface area contributed by atoms with Gasteiger partial charge < -0.3 is 25.5 Å². The summed E-state index contributed by atoms with van der Waals surface area (Å²) in [6.45, 7) is 8.03. The van der Waals surface area contributed by atoms with Gasteiger partial charge in [-0.2, -0.15) is 0 Å². The highest BCUT2D eigenvalue weighted by atomic mass is 16.3. The molecule has 0 aromatic heterocycles. The highest BCUT2D eigenvalue weighted by Gasteiger charge is 2.18. The van der Waals surface area contributed by atoms with Crippen LogP contribution in [0.1, 0.15) is 20.3 Å². The number of nitrogens with one attached hydrogen (secondary N) is 2. The first kappa shape index (κ1) is 18.5. The van der Waals surface area contributed by atoms with Gasteiger partial charge in [0, 0.05) is 26.2 Å². The molecule has 6 nitrogen and oxygen atoms in total. The molecule has 1 saturated heterocycles. The number of piperazine rings is 1. The number of hydrogen-bond acceptors (Lipinski definition) is 4. The highest BCUT2D eigenvalue weighted by molar-refractivity contribution is 5.93. The van der Waals surface area contributed by atoms with E-state index in [1.807, 2.05) is 24.3 Å². The largest absolute Gasteiger partial charge is 0.394 e. The van der Waals surface area contributed by atoms with Gasteiger partial charge >= 0.3 is 6.03 Å². The second kappa shape index (κ2) is 8.89. The summed E-state index contributed by atoms with van der Waals surface area (Å²) in [4.78, 5) is 16.9. The molecule has 3 N–H and O–H groups in total. The summed E-state index contributed by atoms with van der Waals surface area (Å²) in [5, 5.41) is 15.2. The Morgan fingerprint density at radius 3 is 2.50 bits per heavy atom. The topological polar surface area (TPSA) is 67.8 Å². The number of aliphatic hydroxyl groups is 1. The van der Waals surface area contributed by atoms with Crippen molar-refractivity contribution < 1.29 is 9.90 Å². The lowest BCUT2D eigenvalue weighted by Gasteiger charge is -2.35. The lowest BCUT2D eigenvalue weighted by Crippen LogP contribution is -2.45. The van der Waals surface area contributed by atoms with Crippen LogP contribution in [0.5, 0.6) is 0 Å². The molecular weight excluding hydrogens is 304 g/mol. The SMILES string of the molecule is CC(C)CC(CO)NC(=O)Nc1ccccc1N1CCN(C)CC1. The number of para-hydroxylation sites is 2. The van der Waals surface area contributed by atoms with Crippen LogP contribution < -0.4 is 15.5 Å². The number of nitrogens with zero attached hydrogens (tertiary/aromatic N) is 2. The fourth-order valence-corrected chi connectivity index (χ4v) is 2.99. The predicted octanol–water partition coefficient (Wildman–Crippen LogP) is 1.97. The highest BCUT2D eigenvalue weighted by Crippen LogP contribution is 2.26. The number of carbonyl (C=O) groups is 1. The van der Waals surface area contributed by atoms with Gasteiger partial charge in [-0.25, -0.2) is 4.79 Å². The van der Waals surface area contributed by atoms with Crippen molar-refractivity contribution in [3.8, 4) is 0 Å². The van der Waals surface area contributed by atoms with Crippen LogP contribution in [0.3, 0.4) is 0 Å². The van der Waals surface area contributed by atoms with Crippen molar-refractivity contribution in [3.05, 3.63) is 24.3 Å². The Bertz CT molecular complexity index is 528. The fraction of sp³-hybridized carbons (Fsp3) is 0.611. The Balaban J connectivity index is 2.00. The molecule has 1 aromatic rings. The molecule has 1 fully saturated rings. The van der Waals surface area contributed by atoms with E-state index in [4.69, 9.17) is 0 Å². The maximum Gasteiger partial charge on any atom is 0.319 e. The molecule has 2 rings (SSSR count). The molecule has 2 amide bonds. The zero-order valence-electron chi connectivity index (χ0n) is 15.0. The number of carbonyl (C=O) groups excluding carboxylic acids is 1. The molecule has 24 heavy (non-hydrogen) atoms. The van der Waals surface area contributed by atoms with Crippen LogP contribution in [0.4, 0.5) is 16.2 Å². The number of hydrogen-bond donors (Lipinski definition) is 3. The Kier molecular flexibility index (Phi) is 6.87. The molecule has 0 bridgehead atoms. The van der Waals surface area contributed by atoms with Crippen molar-refractivity contribution in [1.29, 1.82) is 0 Å². The molecule has 1 aromatic carbocycles. The van der Waals surface area contributed by atoms with E-state index in [0.29, 0.717) is 5.92 Å². The molecule has 0 spiro atoms. The van der Waals surface area contributed by atoms with Crippen LogP contribution in [0.15, 0.2) is 24.3 Å². The third kappa shape index (κ3) is 5.39. The minimum Gasteiger partial charge on any atom is -0.394 e. The van der Waals surface area contributed by atoms with Gasteiger partial charge in [0.1, 0.15) is 0 Å². The Labute approximate surface area is 144 Å². The standard InChI is InChI=1S/C18H30N4O2/c1-14(2)12-15(13-23)19-18(24)20-16-6-4-5-7-17(16)22-10-8-21(3)9-11-22/h4-7,14-15,23H,8-13H2,1-3H3,(H2,19,20,24). The average molecular weight is 334 g/mol. The number of urea groups is 1. The summed E-state index contributed by atoms with van der Waals surface area (Å²) in [5.74, 6) is 0.417. The quantitative estimate of drug-likeness (QED) is 0.744. The molecule has 0 saturated carbocycles. The molecule has 0 radical (unpaired) electrons. The molecule has 1 unspecified atom stereocenters. The summed E-state index contributed by atoms with van der Waals surface area (Å²) < 4.78 is 0. The smallest absolute Gasteiger partial charge is 0.319 e. The molecule has 1 aliphatic heterocycles. The van der Waals surface area contributed by atoms with E-state index in [1.54, 1.807) is 0 Å². The van der Waals surface area contributed by atoms with Crippen molar-refractivity contribution in [3.63, 3.8) is 0 Å².